The molecule has 0 fully saturated rings. The van der Waals surface area contributed by atoms with Crippen LogP contribution >= 0.6 is 0 Å². The molecular formula is C34H43N3. The van der Waals surface area contributed by atoms with Gasteiger partial charge in [0.05, 0.1) is 23.6 Å². The lowest BCUT2D eigenvalue weighted by Gasteiger charge is -2.21. The molecule has 1 N–H and O–H groups in total. The Bertz CT molecular complexity index is 1100. The first kappa shape index (κ1) is 26.7. The summed E-state index contributed by atoms with van der Waals surface area (Å²) in [7, 11) is 0. The van der Waals surface area contributed by atoms with Gasteiger partial charge in [-0.05, 0) is 59.9 Å². The van der Waals surface area contributed by atoms with Crippen LogP contribution in [0.2, 0.25) is 0 Å². The zero-order chi connectivity index (χ0) is 25.5. The van der Waals surface area contributed by atoms with Gasteiger partial charge in [-0.3, -0.25) is 15.4 Å². The highest BCUT2D eigenvalue weighted by Crippen LogP contribution is 2.23. The Kier molecular flexibility index (Phi) is 10.9. The molecule has 0 aromatic heterocycles. The number of aryl methyl sites for hydroxylation is 1. The summed E-state index contributed by atoms with van der Waals surface area (Å²) in [6, 6.07) is 27.7. The minimum absolute atomic E-state index is 0.865. The average molecular weight is 494 g/mol. The van der Waals surface area contributed by atoms with Crippen molar-refractivity contribution in [2.24, 2.45) is 4.99 Å². The van der Waals surface area contributed by atoms with E-state index in [1.807, 2.05) is 36.5 Å². The van der Waals surface area contributed by atoms with Crippen molar-refractivity contribution in [1.29, 1.82) is 0 Å². The zero-order valence-electron chi connectivity index (χ0n) is 22.5. The third-order valence-electron chi connectivity index (χ3n) is 7.14. The summed E-state index contributed by atoms with van der Waals surface area (Å²) in [6.45, 7) is 3.15. The molecule has 1 aliphatic rings. The van der Waals surface area contributed by atoms with E-state index in [0.717, 1.165) is 23.5 Å². The van der Waals surface area contributed by atoms with Crippen molar-refractivity contribution in [3.05, 3.63) is 102 Å². The van der Waals surface area contributed by atoms with Crippen molar-refractivity contribution >= 4 is 23.3 Å². The third-order valence-corrected chi connectivity index (χ3v) is 7.14. The Morgan fingerprint density at radius 2 is 1.38 bits per heavy atom. The van der Waals surface area contributed by atoms with Gasteiger partial charge >= 0.3 is 0 Å². The molecule has 1 heterocycles. The van der Waals surface area contributed by atoms with Gasteiger partial charge in [-0.1, -0.05) is 119 Å². The van der Waals surface area contributed by atoms with Gasteiger partial charge in [0.25, 0.3) is 0 Å². The number of nitrogens with one attached hydrogen (secondary N) is 1. The van der Waals surface area contributed by atoms with Crippen molar-refractivity contribution in [3.8, 4) is 0 Å². The lowest BCUT2D eigenvalue weighted by atomic mass is 10.0. The summed E-state index contributed by atoms with van der Waals surface area (Å²) in [5.41, 5.74) is 10.6. The largest absolute Gasteiger partial charge is 0.298 e. The van der Waals surface area contributed by atoms with E-state index in [2.05, 4.69) is 77.0 Å². The number of aliphatic imine (C=N–C) groups is 1. The standard InChI is InChI=1S/C34H43N3/c1-2-3-4-5-6-7-8-9-10-12-15-29-20-24-33(25-21-29)37-27-26-34(36-37)31-22-18-30(19-23-31)28-35-32-16-13-11-14-17-32/h11,13-14,16-26,28,36H,2-10,12,15,27H2,1H3. The van der Waals surface area contributed by atoms with Gasteiger partial charge in [-0.25, -0.2) is 0 Å². The van der Waals surface area contributed by atoms with E-state index in [1.165, 1.54) is 87.4 Å². The van der Waals surface area contributed by atoms with Crippen LogP contribution in [-0.2, 0) is 6.42 Å². The third kappa shape index (κ3) is 8.93. The van der Waals surface area contributed by atoms with Crippen LogP contribution in [-0.4, -0.2) is 12.8 Å². The highest BCUT2D eigenvalue weighted by molar-refractivity contribution is 5.83. The summed E-state index contributed by atoms with van der Waals surface area (Å²) in [6.07, 6.45) is 19.3. The molecule has 194 valence electrons. The quantitative estimate of drug-likeness (QED) is 0.169. The lowest BCUT2D eigenvalue weighted by Crippen LogP contribution is -2.31. The van der Waals surface area contributed by atoms with Gasteiger partial charge in [0.1, 0.15) is 0 Å². The molecule has 0 unspecified atom stereocenters. The minimum Gasteiger partial charge on any atom is -0.298 e. The van der Waals surface area contributed by atoms with Gasteiger partial charge in [0, 0.05) is 6.21 Å². The fourth-order valence-corrected chi connectivity index (χ4v) is 4.84. The number of rotatable bonds is 15. The van der Waals surface area contributed by atoms with Crippen LogP contribution in [0.5, 0.6) is 0 Å². The van der Waals surface area contributed by atoms with Crippen LogP contribution in [0.4, 0.5) is 11.4 Å². The molecule has 0 atom stereocenters. The molecule has 3 aromatic rings. The number of unbranched alkanes of at least 4 members (excludes halogenated alkanes) is 9. The zero-order valence-corrected chi connectivity index (χ0v) is 22.5. The summed E-state index contributed by atoms with van der Waals surface area (Å²) >= 11 is 0. The van der Waals surface area contributed by atoms with Gasteiger partial charge in [-0.15, -0.1) is 0 Å². The number of hydrogen-bond donors (Lipinski definition) is 1. The Morgan fingerprint density at radius 1 is 0.730 bits per heavy atom. The summed E-state index contributed by atoms with van der Waals surface area (Å²) in [5.74, 6) is 0. The molecule has 1 aliphatic heterocycles. The second-order valence-electron chi connectivity index (χ2n) is 10.2. The number of anilines is 1. The maximum atomic E-state index is 4.55. The second kappa shape index (κ2) is 15.0. The number of nitrogens with zero attached hydrogens (tertiary/aromatic N) is 2. The van der Waals surface area contributed by atoms with Crippen molar-refractivity contribution < 1.29 is 0 Å². The van der Waals surface area contributed by atoms with E-state index in [4.69, 9.17) is 0 Å². The van der Waals surface area contributed by atoms with E-state index in [1.54, 1.807) is 0 Å². The molecule has 0 radical (unpaired) electrons. The van der Waals surface area contributed by atoms with Crippen molar-refractivity contribution in [2.75, 3.05) is 11.6 Å². The van der Waals surface area contributed by atoms with Crippen LogP contribution in [0.3, 0.4) is 0 Å². The normalized spacial score (nSPS) is 13.2. The van der Waals surface area contributed by atoms with Crippen molar-refractivity contribution in [2.45, 2.75) is 77.6 Å². The van der Waals surface area contributed by atoms with Gasteiger partial charge in [0.15, 0.2) is 0 Å². The molecule has 0 saturated carbocycles. The Morgan fingerprint density at radius 3 is 2.05 bits per heavy atom. The fraction of sp³-hybridized carbons (Fsp3) is 0.382. The molecule has 0 bridgehead atoms. The Balaban J connectivity index is 1.15. The summed E-state index contributed by atoms with van der Waals surface area (Å²) in [5, 5.41) is 2.21. The molecule has 0 aliphatic carbocycles. The van der Waals surface area contributed by atoms with E-state index in [0.29, 0.717) is 0 Å². The number of hydrazine groups is 1. The van der Waals surface area contributed by atoms with E-state index in [-0.39, 0.29) is 0 Å². The predicted molar refractivity (Wildman–Crippen MR) is 161 cm³/mol. The molecule has 37 heavy (non-hydrogen) atoms. The molecule has 0 amide bonds. The molecule has 3 heteroatoms. The van der Waals surface area contributed by atoms with E-state index < -0.39 is 0 Å². The summed E-state index contributed by atoms with van der Waals surface area (Å²) < 4.78 is 0. The van der Waals surface area contributed by atoms with Gasteiger partial charge in [-0.2, -0.15) is 0 Å². The van der Waals surface area contributed by atoms with Crippen LogP contribution in [0.15, 0.2) is 89.9 Å². The topological polar surface area (TPSA) is 27.6 Å². The molecule has 3 aromatic carbocycles. The lowest BCUT2D eigenvalue weighted by molar-refractivity contribution is 0.556. The number of hydrogen-bond acceptors (Lipinski definition) is 3. The molecule has 3 nitrogen and oxygen atoms in total. The smallest absolute Gasteiger partial charge is 0.0629 e. The SMILES string of the molecule is CCCCCCCCCCCCc1ccc(N2CC=C(c3ccc(C=Nc4ccccc4)cc3)N2)cc1. The molecule has 0 saturated heterocycles. The molecule has 0 spiro atoms. The Hall–Kier alpha value is -3.33. The average Bonchev–Trinajstić information content (AvgIpc) is 3.45. The van der Waals surface area contributed by atoms with E-state index >= 15 is 0 Å². The molecule has 4 rings (SSSR count). The second-order valence-corrected chi connectivity index (χ2v) is 10.2. The number of para-hydroxylation sites is 1. The first-order chi connectivity index (χ1) is 18.3. The monoisotopic (exact) mass is 493 g/mol. The Labute approximate surface area is 224 Å². The van der Waals surface area contributed by atoms with Crippen LogP contribution in [0.1, 0.15) is 87.8 Å². The highest BCUT2D eigenvalue weighted by atomic mass is 15.5. The summed E-state index contributed by atoms with van der Waals surface area (Å²) in [4.78, 5) is 4.55. The van der Waals surface area contributed by atoms with Crippen LogP contribution in [0.25, 0.3) is 5.70 Å². The van der Waals surface area contributed by atoms with Crippen molar-refractivity contribution in [1.82, 2.24) is 5.43 Å². The minimum atomic E-state index is 0.865. The maximum absolute atomic E-state index is 4.55. The predicted octanol–water partition coefficient (Wildman–Crippen LogP) is 9.27. The van der Waals surface area contributed by atoms with Gasteiger partial charge in [0.2, 0.25) is 0 Å². The molecular weight excluding hydrogens is 450 g/mol. The van der Waals surface area contributed by atoms with Gasteiger partial charge < -0.3 is 0 Å². The number of benzene rings is 3. The van der Waals surface area contributed by atoms with Crippen LogP contribution in [0, 0.1) is 0 Å². The van der Waals surface area contributed by atoms with Crippen molar-refractivity contribution in [3.63, 3.8) is 0 Å². The fourth-order valence-electron chi connectivity index (χ4n) is 4.84. The highest BCUT2D eigenvalue weighted by Gasteiger charge is 2.15. The van der Waals surface area contributed by atoms with E-state index in [9.17, 15) is 0 Å². The first-order valence-corrected chi connectivity index (χ1v) is 14.3. The maximum Gasteiger partial charge on any atom is 0.0629 e. The first-order valence-electron chi connectivity index (χ1n) is 14.3. The van der Waals surface area contributed by atoms with Crippen LogP contribution < -0.4 is 10.4 Å².